The zero-order chi connectivity index (χ0) is 17.4. The molecule has 1 aromatic rings. The van der Waals surface area contributed by atoms with Crippen molar-refractivity contribution < 1.29 is 19.1 Å². The van der Waals surface area contributed by atoms with Gasteiger partial charge in [0, 0.05) is 17.9 Å². The van der Waals surface area contributed by atoms with E-state index in [1.54, 1.807) is 0 Å². The second-order valence-electron chi connectivity index (χ2n) is 5.93. The van der Waals surface area contributed by atoms with E-state index in [0.29, 0.717) is 31.4 Å². The van der Waals surface area contributed by atoms with Crippen LogP contribution in [-0.4, -0.2) is 37.4 Å². The van der Waals surface area contributed by atoms with Crippen LogP contribution in [-0.2, 0) is 4.79 Å². The monoisotopic (exact) mass is 352 g/mol. The number of hydrogen-bond donors (Lipinski definition) is 2. The van der Waals surface area contributed by atoms with Crippen LogP contribution in [0.25, 0.3) is 0 Å². The number of amides is 3. The van der Waals surface area contributed by atoms with Gasteiger partial charge in [-0.25, -0.2) is 4.79 Å². The van der Waals surface area contributed by atoms with Gasteiger partial charge in [0.1, 0.15) is 0 Å². The average molecular weight is 352 g/mol. The maximum Gasteiger partial charge on any atom is 0.321 e. The minimum absolute atomic E-state index is 0.164. The number of thioether (sulfide) groups is 1. The number of imide groups is 1. The van der Waals surface area contributed by atoms with E-state index in [1.165, 1.54) is 11.8 Å². The molecule has 2 rings (SSSR count). The molecule has 6 nitrogen and oxygen atoms in total. The quantitative estimate of drug-likeness (QED) is 0.770. The summed E-state index contributed by atoms with van der Waals surface area (Å²) in [7, 11) is 0. The molecule has 0 radical (unpaired) electrons. The standard InChI is InChI=1S/C17H24N2O4S/c1-12(2)6-7-18-17(21)19-16(20)11-24-13-4-5-14-15(10-13)23-9-3-8-22-14/h4-5,10,12H,3,6-9,11H2,1-2H3,(H2,18,19,20,21). The summed E-state index contributed by atoms with van der Waals surface area (Å²) in [6.45, 7) is 5.99. The van der Waals surface area contributed by atoms with E-state index in [-0.39, 0.29) is 11.7 Å². The Morgan fingerprint density at radius 1 is 1.21 bits per heavy atom. The number of urea groups is 1. The number of carbonyl (C=O) groups is 2. The molecule has 3 amide bonds. The number of nitrogens with one attached hydrogen (secondary N) is 2. The molecule has 1 aliphatic heterocycles. The molecule has 1 aliphatic rings. The summed E-state index contributed by atoms with van der Waals surface area (Å²) in [4.78, 5) is 24.3. The molecule has 0 aromatic heterocycles. The summed E-state index contributed by atoms with van der Waals surface area (Å²) >= 11 is 1.35. The van der Waals surface area contributed by atoms with Crippen molar-refractivity contribution in [1.29, 1.82) is 0 Å². The Hall–Kier alpha value is -1.89. The van der Waals surface area contributed by atoms with Gasteiger partial charge in [-0.05, 0) is 30.5 Å². The Labute approximate surface area is 146 Å². The molecule has 0 saturated carbocycles. The molecule has 2 N–H and O–H groups in total. The highest BCUT2D eigenvalue weighted by Crippen LogP contribution is 2.33. The van der Waals surface area contributed by atoms with Crippen molar-refractivity contribution in [2.75, 3.05) is 25.5 Å². The molecule has 24 heavy (non-hydrogen) atoms. The molecular formula is C17H24N2O4S. The van der Waals surface area contributed by atoms with Gasteiger partial charge in [-0.2, -0.15) is 0 Å². The summed E-state index contributed by atoms with van der Waals surface area (Å²) in [5.74, 6) is 1.78. The summed E-state index contributed by atoms with van der Waals surface area (Å²) in [5, 5.41) is 5.00. The lowest BCUT2D eigenvalue weighted by atomic mass is 10.1. The highest BCUT2D eigenvalue weighted by atomic mass is 32.2. The van der Waals surface area contributed by atoms with Crippen LogP contribution in [0, 0.1) is 5.92 Å². The normalized spacial score (nSPS) is 13.3. The summed E-state index contributed by atoms with van der Waals surface area (Å²) in [6, 6.07) is 5.15. The van der Waals surface area contributed by atoms with E-state index >= 15 is 0 Å². The first-order valence-electron chi connectivity index (χ1n) is 8.14. The number of hydrogen-bond acceptors (Lipinski definition) is 5. The van der Waals surface area contributed by atoms with Crippen LogP contribution in [0.4, 0.5) is 4.79 Å². The van der Waals surface area contributed by atoms with Crippen molar-refractivity contribution in [3.8, 4) is 11.5 Å². The molecule has 0 atom stereocenters. The van der Waals surface area contributed by atoms with E-state index in [1.807, 2.05) is 18.2 Å². The van der Waals surface area contributed by atoms with E-state index in [2.05, 4.69) is 24.5 Å². The first kappa shape index (κ1) is 18.4. The number of fused-ring (bicyclic) bond motifs is 1. The fourth-order valence-corrected chi connectivity index (χ4v) is 2.79. The van der Waals surface area contributed by atoms with Crippen LogP contribution in [0.1, 0.15) is 26.7 Å². The smallest absolute Gasteiger partial charge is 0.321 e. The topological polar surface area (TPSA) is 76.7 Å². The van der Waals surface area contributed by atoms with Gasteiger partial charge in [-0.15, -0.1) is 11.8 Å². The van der Waals surface area contributed by atoms with Gasteiger partial charge in [0.25, 0.3) is 0 Å². The van der Waals surface area contributed by atoms with Crippen LogP contribution in [0.5, 0.6) is 11.5 Å². The molecule has 0 bridgehead atoms. The zero-order valence-electron chi connectivity index (χ0n) is 14.1. The SMILES string of the molecule is CC(C)CCNC(=O)NC(=O)CSc1ccc2c(c1)OCCCO2. The molecule has 7 heteroatoms. The van der Waals surface area contributed by atoms with E-state index in [4.69, 9.17) is 9.47 Å². The van der Waals surface area contributed by atoms with Crippen LogP contribution in [0.3, 0.4) is 0 Å². The Balaban J connectivity index is 1.75. The van der Waals surface area contributed by atoms with Gasteiger partial charge in [0.05, 0.1) is 19.0 Å². The van der Waals surface area contributed by atoms with Crippen LogP contribution >= 0.6 is 11.8 Å². The van der Waals surface area contributed by atoms with Crippen molar-refractivity contribution in [1.82, 2.24) is 10.6 Å². The average Bonchev–Trinajstić information content (AvgIpc) is 2.77. The molecule has 0 aliphatic carbocycles. The molecule has 1 heterocycles. The van der Waals surface area contributed by atoms with Crippen molar-refractivity contribution in [3.05, 3.63) is 18.2 Å². The number of rotatable bonds is 6. The highest BCUT2D eigenvalue weighted by Gasteiger charge is 2.12. The van der Waals surface area contributed by atoms with Gasteiger partial charge in [-0.1, -0.05) is 13.8 Å². The lowest BCUT2D eigenvalue weighted by molar-refractivity contribution is -0.117. The molecule has 0 spiro atoms. The zero-order valence-corrected chi connectivity index (χ0v) is 14.9. The summed E-state index contributed by atoms with van der Waals surface area (Å²) in [6.07, 6.45) is 1.74. The fraction of sp³-hybridized carbons (Fsp3) is 0.529. The third kappa shape index (κ3) is 6.31. The van der Waals surface area contributed by atoms with Crippen LogP contribution in [0.2, 0.25) is 0 Å². The number of carbonyl (C=O) groups excluding carboxylic acids is 2. The number of ether oxygens (including phenoxy) is 2. The Morgan fingerprint density at radius 3 is 2.71 bits per heavy atom. The third-order valence-electron chi connectivity index (χ3n) is 3.35. The molecule has 132 valence electrons. The molecule has 1 aromatic carbocycles. The van der Waals surface area contributed by atoms with Gasteiger partial charge in [0.15, 0.2) is 11.5 Å². The second-order valence-corrected chi connectivity index (χ2v) is 6.98. The van der Waals surface area contributed by atoms with Crippen molar-refractivity contribution >= 4 is 23.7 Å². The Bertz CT molecular complexity index is 578. The van der Waals surface area contributed by atoms with Crippen LogP contribution in [0.15, 0.2) is 23.1 Å². The maximum atomic E-state index is 11.8. The van der Waals surface area contributed by atoms with E-state index < -0.39 is 6.03 Å². The second kappa shape index (κ2) is 9.42. The maximum absolute atomic E-state index is 11.8. The summed E-state index contributed by atoms with van der Waals surface area (Å²) in [5.41, 5.74) is 0. The molecular weight excluding hydrogens is 328 g/mol. The molecule has 0 unspecified atom stereocenters. The summed E-state index contributed by atoms with van der Waals surface area (Å²) < 4.78 is 11.2. The lowest BCUT2D eigenvalue weighted by Crippen LogP contribution is -2.40. The van der Waals surface area contributed by atoms with Crippen molar-refractivity contribution in [2.24, 2.45) is 5.92 Å². The third-order valence-corrected chi connectivity index (χ3v) is 4.34. The molecule has 0 fully saturated rings. The largest absolute Gasteiger partial charge is 0.490 e. The fourth-order valence-electron chi connectivity index (χ4n) is 2.06. The lowest BCUT2D eigenvalue weighted by Gasteiger charge is -2.10. The minimum atomic E-state index is -0.445. The van der Waals surface area contributed by atoms with Gasteiger partial charge in [-0.3, -0.25) is 10.1 Å². The predicted molar refractivity (Wildman–Crippen MR) is 93.8 cm³/mol. The van der Waals surface area contributed by atoms with E-state index in [0.717, 1.165) is 23.5 Å². The van der Waals surface area contributed by atoms with Crippen molar-refractivity contribution in [2.45, 2.75) is 31.6 Å². The predicted octanol–water partition coefficient (Wildman–Crippen LogP) is 2.81. The van der Waals surface area contributed by atoms with Gasteiger partial charge in [0.2, 0.25) is 5.91 Å². The first-order valence-corrected chi connectivity index (χ1v) is 9.13. The van der Waals surface area contributed by atoms with Crippen LogP contribution < -0.4 is 20.1 Å². The van der Waals surface area contributed by atoms with E-state index in [9.17, 15) is 9.59 Å². The van der Waals surface area contributed by atoms with Gasteiger partial charge < -0.3 is 14.8 Å². The van der Waals surface area contributed by atoms with Crippen molar-refractivity contribution in [3.63, 3.8) is 0 Å². The molecule has 0 saturated heterocycles. The Kier molecular flexibility index (Phi) is 7.24. The highest BCUT2D eigenvalue weighted by molar-refractivity contribution is 8.00. The first-order chi connectivity index (χ1) is 11.5. The minimum Gasteiger partial charge on any atom is -0.490 e. The Morgan fingerprint density at radius 2 is 1.96 bits per heavy atom. The number of benzene rings is 1. The van der Waals surface area contributed by atoms with Gasteiger partial charge >= 0.3 is 6.03 Å².